The fourth-order valence-corrected chi connectivity index (χ4v) is 2.51. The Hall–Kier alpha value is -0.680. The highest BCUT2D eigenvalue weighted by Gasteiger charge is 2.31. The fraction of sp³-hybridized carbons (Fsp3) is 0.750. The number of hydrogen-bond donors (Lipinski definition) is 1. The minimum atomic E-state index is 0.452. The predicted octanol–water partition coefficient (Wildman–Crippen LogP) is 0.712. The third-order valence-electron chi connectivity index (χ3n) is 2.72. The van der Waals surface area contributed by atoms with Crippen LogP contribution in [0.2, 0.25) is 0 Å². The molecule has 4 nitrogen and oxygen atoms in total. The van der Waals surface area contributed by atoms with Gasteiger partial charge in [-0.3, -0.25) is 0 Å². The van der Waals surface area contributed by atoms with Crippen molar-refractivity contribution in [3.05, 3.63) is 6.33 Å². The van der Waals surface area contributed by atoms with Gasteiger partial charge in [-0.15, -0.1) is 0 Å². The van der Waals surface area contributed by atoms with Gasteiger partial charge in [-0.05, 0) is 12.3 Å². The molecule has 0 spiro atoms. The normalized spacial score (nSPS) is 28.3. The highest BCUT2D eigenvalue weighted by Crippen LogP contribution is 2.29. The Morgan fingerprint density at radius 2 is 2.62 bits per heavy atom. The average Bonchev–Trinajstić information content (AvgIpc) is 2.71. The van der Waals surface area contributed by atoms with Crippen molar-refractivity contribution in [1.82, 2.24) is 9.36 Å². The number of nitrogens with zero attached hydrogens (tertiary/aromatic N) is 3. The molecule has 0 radical (unpaired) electrons. The molecule has 5 heteroatoms. The van der Waals surface area contributed by atoms with Gasteiger partial charge in [-0.2, -0.15) is 4.37 Å². The second kappa shape index (κ2) is 3.59. The minimum Gasteiger partial charge on any atom is -0.342 e. The third kappa shape index (κ3) is 1.53. The molecule has 2 atom stereocenters. The molecule has 72 valence electrons. The van der Waals surface area contributed by atoms with Crippen molar-refractivity contribution in [2.24, 2.45) is 11.7 Å². The van der Waals surface area contributed by atoms with Gasteiger partial charge in [0.15, 0.2) is 0 Å². The van der Waals surface area contributed by atoms with E-state index in [4.69, 9.17) is 5.73 Å². The molecule has 2 N–H and O–H groups in total. The van der Waals surface area contributed by atoms with Crippen molar-refractivity contribution in [1.29, 1.82) is 0 Å². The molecule has 1 aliphatic heterocycles. The molecule has 0 bridgehead atoms. The Bertz CT molecular complexity index is 261. The zero-order valence-electron chi connectivity index (χ0n) is 7.68. The molecule has 1 aromatic rings. The number of rotatable bonds is 2. The van der Waals surface area contributed by atoms with Gasteiger partial charge in [-0.1, -0.05) is 6.92 Å². The summed E-state index contributed by atoms with van der Waals surface area (Å²) in [5.74, 6) is 0.675. The van der Waals surface area contributed by atoms with Crippen LogP contribution in [-0.4, -0.2) is 28.5 Å². The maximum absolute atomic E-state index is 5.74. The summed E-state index contributed by atoms with van der Waals surface area (Å²) in [4.78, 5) is 6.49. The highest BCUT2D eigenvalue weighted by atomic mass is 32.1. The van der Waals surface area contributed by atoms with E-state index in [1.807, 2.05) is 0 Å². The van der Waals surface area contributed by atoms with E-state index in [-0.39, 0.29) is 0 Å². The van der Waals surface area contributed by atoms with Crippen molar-refractivity contribution in [3.8, 4) is 0 Å². The Balaban J connectivity index is 2.16. The lowest BCUT2D eigenvalue weighted by molar-refractivity contribution is 0.519. The second-order valence-electron chi connectivity index (χ2n) is 3.49. The molecule has 2 rings (SSSR count). The van der Waals surface area contributed by atoms with E-state index in [2.05, 4.69) is 21.2 Å². The Kier molecular flexibility index (Phi) is 2.46. The third-order valence-corrected chi connectivity index (χ3v) is 3.42. The number of hydrogen-bond acceptors (Lipinski definition) is 5. The molecule has 0 aromatic carbocycles. The van der Waals surface area contributed by atoms with E-state index in [1.54, 1.807) is 6.33 Å². The maximum atomic E-state index is 5.74. The monoisotopic (exact) mass is 198 g/mol. The van der Waals surface area contributed by atoms with Crippen LogP contribution in [0.15, 0.2) is 6.33 Å². The molecular formula is C8H14N4S. The Labute approximate surface area is 81.9 Å². The fourth-order valence-electron chi connectivity index (χ4n) is 1.90. The van der Waals surface area contributed by atoms with Gasteiger partial charge in [-0.25, -0.2) is 4.98 Å². The van der Waals surface area contributed by atoms with E-state index in [0.717, 1.165) is 11.7 Å². The molecule has 2 heterocycles. The summed E-state index contributed by atoms with van der Waals surface area (Å²) in [5.41, 5.74) is 5.74. The molecule has 1 fully saturated rings. The molecule has 2 unspecified atom stereocenters. The summed E-state index contributed by atoms with van der Waals surface area (Å²) in [5, 5.41) is 1.01. The molecule has 1 aliphatic rings. The first kappa shape index (κ1) is 8.90. The van der Waals surface area contributed by atoms with Crippen LogP contribution >= 0.6 is 11.5 Å². The lowest BCUT2D eigenvalue weighted by Crippen LogP contribution is -2.38. The van der Waals surface area contributed by atoms with Crippen LogP contribution < -0.4 is 10.6 Å². The van der Waals surface area contributed by atoms with Gasteiger partial charge in [0.1, 0.15) is 6.33 Å². The SMILES string of the molecule is CC1CCN(c2ncns2)C1CN. The van der Waals surface area contributed by atoms with Gasteiger partial charge in [0.05, 0.1) is 0 Å². The lowest BCUT2D eigenvalue weighted by Gasteiger charge is -2.24. The van der Waals surface area contributed by atoms with Gasteiger partial charge >= 0.3 is 0 Å². The minimum absolute atomic E-state index is 0.452. The van der Waals surface area contributed by atoms with Crippen LogP contribution in [-0.2, 0) is 0 Å². The van der Waals surface area contributed by atoms with Crippen LogP contribution in [0.4, 0.5) is 5.13 Å². The summed E-state index contributed by atoms with van der Waals surface area (Å²) in [6, 6.07) is 0.452. The van der Waals surface area contributed by atoms with Gasteiger partial charge in [0.25, 0.3) is 0 Å². The van der Waals surface area contributed by atoms with Crippen LogP contribution in [0, 0.1) is 5.92 Å². The van der Waals surface area contributed by atoms with E-state index in [9.17, 15) is 0 Å². The molecule has 0 aliphatic carbocycles. The van der Waals surface area contributed by atoms with Crippen molar-refractivity contribution >= 4 is 16.7 Å². The number of nitrogens with two attached hydrogens (primary N) is 1. The van der Waals surface area contributed by atoms with E-state index in [1.165, 1.54) is 18.0 Å². The van der Waals surface area contributed by atoms with Gasteiger partial charge in [0.2, 0.25) is 5.13 Å². The summed E-state index contributed by atoms with van der Waals surface area (Å²) in [7, 11) is 0. The van der Waals surface area contributed by atoms with E-state index >= 15 is 0 Å². The van der Waals surface area contributed by atoms with Crippen molar-refractivity contribution in [2.75, 3.05) is 18.0 Å². The highest BCUT2D eigenvalue weighted by molar-refractivity contribution is 7.09. The van der Waals surface area contributed by atoms with Crippen LogP contribution in [0.1, 0.15) is 13.3 Å². The van der Waals surface area contributed by atoms with Crippen molar-refractivity contribution < 1.29 is 0 Å². The number of aromatic nitrogens is 2. The zero-order chi connectivity index (χ0) is 9.26. The quantitative estimate of drug-likeness (QED) is 0.760. The molecule has 1 aromatic heterocycles. The maximum Gasteiger partial charge on any atom is 0.205 e. The summed E-state index contributed by atoms with van der Waals surface area (Å²) in [6.45, 7) is 4.03. The second-order valence-corrected chi connectivity index (χ2v) is 4.24. The standard InChI is InChI=1S/C8H14N4S/c1-6-2-3-12(7(6)4-9)8-10-5-11-13-8/h5-7H,2-4,9H2,1H3. The first-order chi connectivity index (χ1) is 6.33. The van der Waals surface area contributed by atoms with Crippen LogP contribution in [0.5, 0.6) is 0 Å². The largest absolute Gasteiger partial charge is 0.342 e. The average molecular weight is 198 g/mol. The summed E-state index contributed by atoms with van der Waals surface area (Å²) >= 11 is 1.45. The molecule has 1 saturated heterocycles. The first-order valence-corrected chi connectivity index (χ1v) is 5.33. The summed E-state index contributed by atoms with van der Waals surface area (Å²) < 4.78 is 4.01. The topological polar surface area (TPSA) is 55.0 Å². The van der Waals surface area contributed by atoms with E-state index < -0.39 is 0 Å². The summed E-state index contributed by atoms with van der Waals surface area (Å²) in [6.07, 6.45) is 2.82. The molecule has 13 heavy (non-hydrogen) atoms. The Morgan fingerprint density at radius 3 is 3.23 bits per heavy atom. The van der Waals surface area contributed by atoms with Gasteiger partial charge in [0, 0.05) is 30.7 Å². The van der Waals surface area contributed by atoms with Crippen molar-refractivity contribution in [3.63, 3.8) is 0 Å². The lowest BCUT2D eigenvalue weighted by atomic mass is 10.0. The Morgan fingerprint density at radius 1 is 1.77 bits per heavy atom. The smallest absolute Gasteiger partial charge is 0.205 e. The number of anilines is 1. The van der Waals surface area contributed by atoms with Crippen LogP contribution in [0.25, 0.3) is 0 Å². The molecule has 0 amide bonds. The first-order valence-electron chi connectivity index (χ1n) is 4.56. The van der Waals surface area contributed by atoms with E-state index in [0.29, 0.717) is 18.5 Å². The molecule has 0 saturated carbocycles. The zero-order valence-corrected chi connectivity index (χ0v) is 8.50. The predicted molar refractivity (Wildman–Crippen MR) is 53.9 cm³/mol. The van der Waals surface area contributed by atoms with Crippen molar-refractivity contribution in [2.45, 2.75) is 19.4 Å². The van der Waals surface area contributed by atoms with Gasteiger partial charge < -0.3 is 10.6 Å². The molecular weight excluding hydrogens is 184 g/mol. The van der Waals surface area contributed by atoms with Crippen LogP contribution in [0.3, 0.4) is 0 Å².